The second kappa shape index (κ2) is 10.4. The topological polar surface area (TPSA) is 49.3 Å². The molecule has 5 nitrogen and oxygen atoms in total. The van der Waals surface area contributed by atoms with Crippen molar-refractivity contribution < 1.29 is 18.9 Å². The van der Waals surface area contributed by atoms with Gasteiger partial charge in [-0.15, -0.1) is 0 Å². The van der Waals surface area contributed by atoms with Gasteiger partial charge in [0.25, 0.3) is 0 Å². The summed E-state index contributed by atoms with van der Waals surface area (Å²) in [5.74, 6) is 1.14. The van der Waals surface area contributed by atoms with Gasteiger partial charge in [-0.05, 0) is 42.2 Å². The molecule has 0 amide bonds. The van der Waals surface area contributed by atoms with Crippen LogP contribution in [0.25, 0.3) is 5.57 Å². The molecule has 152 valence electrons. The minimum Gasteiger partial charge on any atom is -0.497 e. The quantitative estimate of drug-likeness (QED) is 0.406. The first-order chi connectivity index (χ1) is 13.7. The van der Waals surface area contributed by atoms with E-state index < -0.39 is 5.79 Å². The van der Waals surface area contributed by atoms with E-state index in [4.69, 9.17) is 18.9 Å². The van der Waals surface area contributed by atoms with Crippen molar-refractivity contribution in [2.75, 3.05) is 34.0 Å². The van der Waals surface area contributed by atoms with E-state index in [2.05, 4.69) is 29.3 Å². The first kappa shape index (κ1) is 20.6. The molecule has 2 aliphatic rings. The van der Waals surface area contributed by atoms with Gasteiger partial charge in [-0.3, -0.25) is 4.99 Å². The number of hydrogen-bond donors (Lipinski definition) is 0. The summed E-state index contributed by atoms with van der Waals surface area (Å²) in [6, 6.07) is 8.09. The standard InChI is InChI=1S/C23H31NO4/c1-25-21-10-8-19(9-11-21)20-12-14-23(26-2,15-13-20)28-17-6-4-3-5-7-22-24-16-18-27-22/h8-14H,3-7,15-18H2,1-2H3. The van der Waals surface area contributed by atoms with E-state index in [1.54, 1.807) is 14.2 Å². The lowest BCUT2D eigenvalue weighted by Gasteiger charge is -2.31. The summed E-state index contributed by atoms with van der Waals surface area (Å²) in [5, 5.41) is 0. The Morgan fingerprint density at radius 1 is 1.07 bits per heavy atom. The number of rotatable bonds is 11. The highest BCUT2D eigenvalue weighted by Gasteiger charge is 2.29. The molecule has 0 bridgehead atoms. The van der Waals surface area contributed by atoms with Gasteiger partial charge in [0.15, 0.2) is 11.7 Å². The van der Waals surface area contributed by atoms with Crippen LogP contribution in [0.15, 0.2) is 47.5 Å². The van der Waals surface area contributed by atoms with Crippen LogP contribution in [0.5, 0.6) is 5.75 Å². The summed E-state index contributed by atoms with van der Waals surface area (Å²) >= 11 is 0. The van der Waals surface area contributed by atoms with Gasteiger partial charge in [-0.25, -0.2) is 0 Å². The maximum atomic E-state index is 6.10. The lowest BCUT2D eigenvalue weighted by atomic mass is 9.96. The molecular weight excluding hydrogens is 354 g/mol. The Hall–Kier alpha value is -2.11. The maximum Gasteiger partial charge on any atom is 0.191 e. The summed E-state index contributed by atoms with van der Waals surface area (Å²) < 4.78 is 22.4. The van der Waals surface area contributed by atoms with Gasteiger partial charge in [0.05, 0.1) is 20.3 Å². The molecule has 3 rings (SSSR count). The predicted octanol–water partition coefficient (Wildman–Crippen LogP) is 4.78. The average molecular weight is 386 g/mol. The zero-order valence-corrected chi connectivity index (χ0v) is 17.0. The Bertz CT molecular complexity index is 708. The molecule has 0 saturated carbocycles. The number of benzene rings is 1. The number of hydrogen-bond acceptors (Lipinski definition) is 5. The fourth-order valence-electron chi connectivity index (χ4n) is 3.43. The van der Waals surface area contributed by atoms with E-state index in [9.17, 15) is 0 Å². The fourth-order valence-corrected chi connectivity index (χ4v) is 3.43. The molecule has 0 aromatic heterocycles. The number of ether oxygens (including phenoxy) is 4. The predicted molar refractivity (Wildman–Crippen MR) is 112 cm³/mol. The van der Waals surface area contributed by atoms with Crippen molar-refractivity contribution in [2.24, 2.45) is 4.99 Å². The van der Waals surface area contributed by atoms with Crippen LogP contribution in [0.2, 0.25) is 0 Å². The molecule has 0 N–H and O–H groups in total. The molecule has 1 atom stereocenters. The van der Waals surface area contributed by atoms with E-state index in [1.807, 2.05) is 18.2 Å². The summed E-state index contributed by atoms with van der Waals surface area (Å²) in [6.07, 6.45) is 12.4. The van der Waals surface area contributed by atoms with E-state index in [1.165, 1.54) is 12.0 Å². The molecule has 1 unspecified atom stereocenters. The Balaban J connectivity index is 1.38. The number of unbranched alkanes of at least 4 members (excludes halogenated alkanes) is 3. The molecule has 0 saturated heterocycles. The SMILES string of the molecule is COc1ccc(C2=CCC(OC)(OCCCCCCC3=NCCO3)C=C2)cc1. The van der Waals surface area contributed by atoms with Crippen LogP contribution < -0.4 is 4.74 Å². The minimum absolute atomic E-state index is 0.650. The zero-order valence-electron chi connectivity index (χ0n) is 17.0. The third kappa shape index (κ3) is 5.69. The van der Waals surface area contributed by atoms with Crippen molar-refractivity contribution in [1.82, 2.24) is 0 Å². The highest BCUT2D eigenvalue weighted by molar-refractivity contribution is 5.77. The van der Waals surface area contributed by atoms with Gasteiger partial charge in [0, 0.05) is 20.0 Å². The van der Waals surface area contributed by atoms with Gasteiger partial charge in [-0.2, -0.15) is 0 Å². The lowest BCUT2D eigenvalue weighted by molar-refractivity contribution is -0.186. The Morgan fingerprint density at radius 2 is 1.89 bits per heavy atom. The highest BCUT2D eigenvalue weighted by atomic mass is 16.7. The van der Waals surface area contributed by atoms with Crippen LogP contribution in [-0.2, 0) is 14.2 Å². The fraction of sp³-hybridized carbons (Fsp3) is 0.522. The summed E-state index contributed by atoms with van der Waals surface area (Å²) in [4.78, 5) is 4.32. The normalized spacial score (nSPS) is 21.2. The van der Waals surface area contributed by atoms with Gasteiger partial charge in [0.1, 0.15) is 12.4 Å². The van der Waals surface area contributed by atoms with Crippen LogP contribution in [-0.4, -0.2) is 45.7 Å². The van der Waals surface area contributed by atoms with E-state index >= 15 is 0 Å². The van der Waals surface area contributed by atoms with Gasteiger partial charge in [-0.1, -0.05) is 37.1 Å². The maximum absolute atomic E-state index is 6.10. The molecule has 1 aliphatic heterocycles. The minimum atomic E-state index is -0.650. The van der Waals surface area contributed by atoms with Gasteiger partial charge in [0.2, 0.25) is 0 Å². The highest BCUT2D eigenvalue weighted by Crippen LogP contribution is 2.31. The zero-order chi connectivity index (χ0) is 19.7. The molecule has 0 spiro atoms. The molecule has 1 aromatic carbocycles. The summed E-state index contributed by atoms with van der Waals surface area (Å²) in [6.45, 7) is 2.27. The first-order valence-corrected chi connectivity index (χ1v) is 10.1. The first-order valence-electron chi connectivity index (χ1n) is 10.1. The van der Waals surface area contributed by atoms with Crippen molar-refractivity contribution in [2.45, 2.75) is 44.3 Å². The van der Waals surface area contributed by atoms with Crippen LogP contribution in [0.3, 0.4) is 0 Å². The smallest absolute Gasteiger partial charge is 0.191 e. The molecule has 28 heavy (non-hydrogen) atoms. The van der Waals surface area contributed by atoms with Crippen molar-refractivity contribution in [3.8, 4) is 5.75 Å². The average Bonchev–Trinajstić information content (AvgIpc) is 3.27. The Kier molecular flexibility index (Phi) is 7.69. The largest absolute Gasteiger partial charge is 0.497 e. The van der Waals surface area contributed by atoms with Crippen molar-refractivity contribution >= 4 is 11.5 Å². The van der Waals surface area contributed by atoms with E-state index in [0.29, 0.717) is 13.0 Å². The van der Waals surface area contributed by atoms with Gasteiger partial charge >= 0.3 is 0 Å². The Labute approximate surface area is 168 Å². The second-order valence-electron chi connectivity index (χ2n) is 7.08. The van der Waals surface area contributed by atoms with Crippen molar-refractivity contribution in [1.29, 1.82) is 0 Å². The van der Waals surface area contributed by atoms with Gasteiger partial charge < -0.3 is 18.9 Å². The summed E-state index contributed by atoms with van der Waals surface area (Å²) in [5.41, 5.74) is 2.34. The molecule has 1 heterocycles. The van der Waals surface area contributed by atoms with Crippen LogP contribution >= 0.6 is 0 Å². The molecule has 5 heteroatoms. The molecule has 1 aliphatic carbocycles. The second-order valence-corrected chi connectivity index (χ2v) is 7.08. The third-order valence-electron chi connectivity index (χ3n) is 5.17. The number of allylic oxidation sites excluding steroid dienone is 2. The number of nitrogens with zero attached hydrogens (tertiary/aromatic N) is 1. The molecular formula is C23H31NO4. The van der Waals surface area contributed by atoms with Crippen LogP contribution in [0, 0.1) is 0 Å². The number of aliphatic imine (C=N–C) groups is 1. The Morgan fingerprint density at radius 3 is 2.54 bits per heavy atom. The lowest BCUT2D eigenvalue weighted by Crippen LogP contribution is -2.33. The summed E-state index contributed by atoms with van der Waals surface area (Å²) in [7, 11) is 3.39. The molecule has 0 radical (unpaired) electrons. The molecule has 0 fully saturated rings. The van der Waals surface area contributed by atoms with E-state index in [-0.39, 0.29) is 0 Å². The molecule has 1 aromatic rings. The third-order valence-corrected chi connectivity index (χ3v) is 5.17. The van der Waals surface area contributed by atoms with Crippen LogP contribution in [0.4, 0.5) is 0 Å². The van der Waals surface area contributed by atoms with Crippen molar-refractivity contribution in [3.05, 3.63) is 48.1 Å². The monoisotopic (exact) mass is 385 g/mol. The van der Waals surface area contributed by atoms with Crippen LogP contribution in [0.1, 0.15) is 44.1 Å². The van der Waals surface area contributed by atoms with Crippen molar-refractivity contribution in [3.63, 3.8) is 0 Å². The number of methoxy groups -OCH3 is 2. The van der Waals surface area contributed by atoms with E-state index in [0.717, 1.165) is 56.0 Å².